The van der Waals surface area contributed by atoms with Gasteiger partial charge in [-0.1, -0.05) is 28.1 Å². The Bertz CT molecular complexity index is 974. The van der Waals surface area contributed by atoms with Crippen LogP contribution < -0.4 is 10.6 Å². The molecule has 2 aromatic rings. The summed E-state index contributed by atoms with van der Waals surface area (Å²) in [5.41, 5.74) is 1.31. The second kappa shape index (κ2) is 10.7. The number of hydrogen-bond donors (Lipinski definition) is 2. The van der Waals surface area contributed by atoms with Gasteiger partial charge in [0.1, 0.15) is 0 Å². The molecule has 0 saturated heterocycles. The van der Waals surface area contributed by atoms with Crippen molar-refractivity contribution in [3.05, 3.63) is 64.1 Å². The molecule has 0 atom stereocenters. The molecule has 0 aromatic heterocycles. The van der Waals surface area contributed by atoms with E-state index in [1.165, 1.54) is 16.4 Å². The molecule has 2 rings (SSSR count). The van der Waals surface area contributed by atoms with Gasteiger partial charge < -0.3 is 10.6 Å². The molecule has 0 aliphatic carbocycles. The minimum atomic E-state index is -3.53. The molecule has 0 unspecified atom stereocenters. The number of carbonyl (C=O) groups is 2. The van der Waals surface area contributed by atoms with Crippen molar-refractivity contribution in [2.24, 2.45) is 0 Å². The van der Waals surface area contributed by atoms with Gasteiger partial charge in [0.15, 0.2) is 0 Å². The molecule has 0 heterocycles. The first-order valence-electron chi connectivity index (χ1n) is 9.48. The van der Waals surface area contributed by atoms with Gasteiger partial charge in [-0.25, -0.2) is 8.42 Å². The van der Waals surface area contributed by atoms with Gasteiger partial charge in [-0.05, 0) is 55.8 Å². The topological polar surface area (TPSA) is 95.6 Å². The van der Waals surface area contributed by atoms with Crippen molar-refractivity contribution in [2.45, 2.75) is 37.8 Å². The molecule has 0 saturated carbocycles. The fourth-order valence-corrected chi connectivity index (χ4v) is 4.14. The zero-order valence-corrected chi connectivity index (χ0v) is 19.6. The van der Waals surface area contributed by atoms with E-state index in [0.717, 1.165) is 10.0 Å². The molecule has 0 bridgehead atoms. The standard InChI is InChI=1S/C21H26BrN3O4S/c1-15(2)25(3)30(28,29)19-10-4-16(5-11-19)14-24-20(26)12-13-23-21(27)17-6-8-18(22)9-7-17/h4-11,15H,12-14H2,1-3H3,(H,23,27)(H,24,26). The third-order valence-corrected chi connectivity index (χ3v) is 7.14. The molecule has 2 aromatic carbocycles. The van der Waals surface area contributed by atoms with Crippen LogP contribution in [0.15, 0.2) is 57.9 Å². The lowest BCUT2D eigenvalue weighted by Gasteiger charge is -2.21. The molecular formula is C21H26BrN3O4S. The Morgan fingerprint density at radius 1 is 1.00 bits per heavy atom. The Labute approximate surface area is 186 Å². The number of benzene rings is 2. The van der Waals surface area contributed by atoms with E-state index in [1.807, 2.05) is 13.8 Å². The summed E-state index contributed by atoms with van der Waals surface area (Å²) in [6.07, 6.45) is 0.147. The van der Waals surface area contributed by atoms with Crippen LogP contribution in [0.1, 0.15) is 36.2 Å². The van der Waals surface area contributed by atoms with Crippen LogP contribution in [0.4, 0.5) is 0 Å². The lowest BCUT2D eigenvalue weighted by atomic mass is 10.2. The summed E-state index contributed by atoms with van der Waals surface area (Å²) < 4.78 is 27.1. The van der Waals surface area contributed by atoms with Gasteiger partial charge in [0.25, 0.3) is 5.91 Å². The van der Waals surface area contributed by atoms with Gasteiger partial charge in [-0.3, -0.25) is 9.59 Å². The number of carbonyl (C=O) groups excluding carboxylic acids is 2. The van der Waals surface area contributed by atoms with Gasteiger partial charge in [-0.2, -0.15) is 4.31 Å². The molecule has 2 amide bonds. The largest absolute Gasteiger partial charge is 0.352 e. The Balaban J connectivity index is 1.79. The number of rotatable bonds is 9. The molecule has 9 heteroatoms. The molecule has 0 aliphatic rings. The predicted molar refractivity (Wildman–Crippen MR) is 119 cm³/mol. The second-order valence-corrected chi connectivity index (χ2v) is 9.96. The van der Waals surface area contributed by atoms with Gasteiger partial charge in [-0.15, -0.1) is 0 Å². The number of halogens is 1. The van der Waals surface area contributed by atoms with Crippen molar-refractivity contribution >= 4 is 37.8 Å². The lowest BCUT2D eigenvalue weighted by Crippen LogP contribution is -2.33. The number of amides is 2. The van der Waals surface area contributed by atoms with E-state index in [-0.39, 0.29) is 42.3 Å². The van der Waals surface area contributed by atoms with Gasteiger partial charge in [0.05, 0.1) is 4.90 Å². The van der Waals surface area contributed by atoms with Gasteiger partial charge >= 0.3 is 0 Å². The van der Waals surface area contributed by atoms with E-state index in [2.05, 4.69) is 26.6 Å². The summed E-state index contributed by atoms with van der Waals surface area (Å²) >= 11 is 3.31. The smallest absolute Gasteiger partial charge is 0.251 e. The quantitative estimate of drug-likeness (QED) is 0.558. The molecule has 7 nitrogen and oxygen atoms in total. The van der Waals surface area contributed by atoms with Crippen LogP contribution in [0.2, 0.25) is 0 Å². The maximum atomic E-state index is 12.5. The first-order chi connectivity index (χ1) is 14.1. The molecule has 2 N–H and O–H groups in total. The Morgan fingerprint density at radius 2 is 1.60 bits per heavy atom. The minimum Gasteiger partial charge on any atom is -0.352 e. The average molecular weight is 496 g/mol. The summed E-state index contributed by atoms with van der Waals surface area (Å²) in [5, 5.41) is 5.47. The fourth-order valence-electron chi connectivity index (χ4n) is 2.51. The van der Waals surface area contributed by atoms with E-state index >= 15 is 0 Å². The molecule has 162 valence electrons. The number of nitrogens with one attached hydrogen (secondary N) is 2. The van der Waals surface area contributed by atoms with E-state index in [9.17, 15) is 18.0 Å². The highest BCUT2D eigenvalue weighted by Gasteiger charge is 2.22. The Kier molecular flexibility index (Phi) is 8.57. The van der Waals surface area contributed by atoms with Crippen molar-refractivity contribution in [2.75, 3.05) is 13.6 Å². The summed E-state index contributed by atoms with van der Waals surface area (Å²) in [6.45, 7) is 4.12. The second-order valence-electron chi connectivity index (χ2n) is 7.05. The summed E-state index contributed by atoms with van der Waals surface area (Å²) in [7, 11) is -1.98. The number of nitrogens with zero attached hydrogens (tertiary/aromatic N) is 1. The molecule has 0 spiro atoms. The lowest BCUT2D eigenvalue weighted by molar-refractivity contribution is -0.121. The van der Waals surface area contributed by atoms with Crippen molar-refractivity contribution in [1.82, 2.24) is 14.9 Å². The Hall–Kier alpha value is -2.23. The zero-order valence-electron chi connectivity index (χ0n) is 17.2. The first kappa shape index (κ1) is 24.0. The van der Waals surface area contributed by atoms with E-state index < -0.39 is 10.0 Å². The normalized spacial score (nSPS) is 11.5. The predicted octanol–water partition coefficient (Wildman–Crippen LogP) is 2.91. The molecule has 0 aliphatic heterocycles. The van der Waals surface area contributed by atoms with Gasteiger partial charge in [0.2, 0.25) is 15.9 Å². The Morgan fingerprint density at radius 3 is 2.17 bits per heavy atom. The zero-order chi connectivity index (χ0) is 22.3. The van der Waals surface area contributed by atoms with E-state index in [1.54, 1.807) is 43.4 Å². The van der Waals surface area contributed by atoms with Crippen molar-refractivity contribution < 1.29 is 18.0 Å². The highest BCUT2D eigenvalue weighted by molar-refractivity contribution is 9.10. The highest BCUT2D eigenvalue weighted by Crippen LogP contribution is 2.17. The van der Waals surface area contributed by atoms with E-state index in [4.69, 9.17) is 0 Å². The summed E-state index contributed by atoms with van der Waals surface area (Å²) in [5.74, 6) is -0.444. The minimum absolute atomic E-state index is 0.141. The SMILES string of the molecule is CC(C)N(C)S(=O)(=O)c1ccc(CNC(=O)CCNC(=O)c2ccc(Br)cc2)cc1. The molecule has 0 fully saturated rings. The van der Waals surface area contributed by atoms with Crippen LogP contribution in [0.3, 0.4) is 0 Å². The summed E-state index contributed by atoms with van der Waals surface area (Å²) in [4.78, 5) is 24.2. The molecule has 0 radical (unpaired) electrons. The van der Waals surface area contributed by atoms with E-state index in [0.29, 0.717) is 5.56 Å². The molecular weight excluding hydrogens is 470 g/mol. The van der Waals surface area contributed by atoms with Crippen molar-refractivity contribution in [3.8, 4) is 0 Å². The first-order valence-corrected chi connectivity index (χ1v) is 11.7. The van der Waals surface area contributed by atoms with Crippen LogP contribution in [-0.4, -0.2) is 44.2 Å². The highest BCUT2D eigenvalue weighted by atomic mass is 79.9. The third-order valence-electron chi connectivity index (χ3n) is 4.56. The monoisotopic (exact) mass is 495 g/mol. The van der Waals surface area contributed by atoms with Crippen molar-refractivity contribution in [1.29, 1.82) is 0 Å². The third kappa shape index (κ3) is 6.65. The van der Waals surface area contributed by atoms with Crippen LogP contribution in [0.25, 0.3) is 0 Å². The maximum Gasteiger partial charge on any atom is 0.251 e. The fraction of sp³-hybridized carbons (Fsp3) is 0.333. The number of hydrogen-bond acceptors (Lipinski definition) is 4. The van der Waals surface area contributed by atoms with Crippen LogP contribution >= 0.6 is 15.9 Å². The van der Waals surface area contributed by atoms with Crippen LogP contribution in [0.5, 0.6) is 0 Å². The van der Waals surface area contributed by atoms with Crippen LogP contribution in [0, 0.1) is 0 Å². The van der Waals surface area contributed by atoms with Crippen molar-refractivity contribution in [3.63, 3.8) is 0 Å². The average Bonchev–Trinajstić information content (AvgIpc) is 2.72. The summed E-state index contributed by atoms with van der Waals surface area (Å²) in [6, 6.07) is 13.2. The maximum absolute atomic E-state index is 12.5. The van der Waals surface area contributed by atoms with Crippen LogP contribution in [-0.2, 0) is 21.4 Å². The number of sulfonamides is 1. The van der Waals surface area contributed by atoms with Gasteiger partial charge in [0, 0.05) is 42.6 Å². The molecule has 30 heavy (non-hydrogen) atoms.